The average molecular weight is 308 g/mol. The Morgan fingerprint density at radius 1 is 0.818 bits per heavy atom. The molecule has 1 aliphatic rings. The molecule has 2 nitrogen and oxygen atoms in total. The van der Waals surface area contributed by atoms with Crippen LogP contribution in [0.25, 0.3) is 21.9 Å². The van der Waals surface area contributed by atoms with Gasteiger partial charge in [0.2, 0.25) is 0 Å². The zero-order chi connectivity index (χ0) is 15.1. The van der Waals surface area contributed by atoms with E-state index in [2.05, 4.69) is 23.5 Å². The zero-order valence-corrected chi connectivity index (χ0v) is 12.7. The summed E-state index contributed by atoms with van der Waals surface area (Å²) in [4.78, 5) is 12.8. The Morgan fingerprint density at radius 3 is 2.41 bits per heavy atom. The number of rotatable bonds is 3. The minimum Gasteiger partial charge on any atom is -0.383 e. The molecule has 0 amide bonds. The van der Waals surface area contributed by atoms with Crippen molar-refractivity contribution in [3.05, 3.63) is 65.7 Å². The Labute approximate surface area is 133 Å². The minimum absolute atomic E-state index is 0.100. The van der Waals surface area contributed by atoms with Crippen LogP contribution in [0, 0.1) is 0 Å². The molecule has 1 N–H and O–H groups in total. The quantitative estimate of drug-likeness (QED) is 0.556. The number of fused-ring (bicyclic) bond motifs is 2. The molecule has 0 bridgehead atoms. The van der Waals surface area contributed by atoms with Crippen LogP contribution in [0.15, 0.2) is 54.6 Å². The van der Waals surface area contributed by atoms with Gasteiger partial charge in [-0.15, -0.1) is 11.6 Å². The van der Waals surface area contributed by atoms with Crippen molar-refractivity contribution in [1.82, 2.24) is 0 Å². The van der Waals surface area contributed by atoms with Gasteiger partial charge in [-0.2, -0.15) is 0 Å². The van der Waals surface area contributed by atoms with E-state index in [0.29, 0.717) is 12.4 Å². The number of carbonyl (C=O) groups is 1. The third kappa shape index (κ3) is 1.84. The van der Waals surface area contributed by atoms with Gasteiger partial charge in [0.15, 0.2) is 5.78 Å². The molecule has 3 aromatic carbocycles. The largest absolute Gasteiger partial charge is 0.383 e. The fourth-order valence-electron chi connectivity index (χ4n) is 3.22. The average Bonchev–Trinajstić information content (AvgIpc) is 2.58. The molecular formula is C19H14ClNO. The van der Waals surface area contributed by atoms with Crippen LogP contribution in [0.4, 0.5) is 5.69 Å². The minimum atomic E-state index is 0.100. The number of hydrogen-bond donors (Lipinski definition) is 1. The summed E-state index contributed by atoms with van der Waals surface area (Å²) in [6.45, 7) is 0.699. The van der Waals surface area contributed by atoms with Gasteiger partial charge in [0.25, 0.3) is 0 Å². The van der Waals surface area contributed by atoms with Crippen molar-refractivity contribution in [2.24, 2.45) is 0 Å². The van der Waals surface area contributed by atoms with Crippen molar-refractivity contribution in [2.45, 2.75) is 0 Å². The van der Waals surface area contributed by atoms with Crippen LogP contribution in [-0.2, 0) is 0 Å². The molecule has 0 heterocycles. The van der Waals surface area contributed by atoms with Crippen LogP contribution >= 0.6 is 11.6 Å². The lowest BCUT2D eigenvalue weighted by Gasteiger charge is -2.21. The van der Waals surface area contributed by atoms with Gasteiger partial charge < -0.3 is 5.32 Å². The first-order chi connectivity index (χ1) is 10.8. The Kier molecular flexibility index (Phi) is 3.12. The van der Waals surface area contributed by atoms with E-state index >= 15 is 0 Å². The number of alkyl halides is 1. The topological polar surface area (TPSA) is 29.1 Å². The molecular weight excluding hydrogens is 294 g/mol. The second-order valence-corrected chi connectivity index (χ2v) is 5.76. The second-order valence-electron chi connectivity index (χ2n) is 5.38. The van der Waals surface area contributed by atoms with E-state index in [9.17, 15) is 4.79 Å². The number of hydrogen-bond acceptors (Lipinski definition) is 2. The molecule has 3 aromatic rings. The molecule has 1 aliphatic carbocycles. The van der Waals surface area contributed by atoms with Crippen molar-refractivity contribution < 1.29 is 4.79 Å². The van der Waals surface area contributed by atoms with Crippen molar-refractivity contribution in [2.75, 3.05) is 17.7 Å². The van der Waals surface area contributed by atoms with Crippen LogP contribution in [0.3, 0.4) is 0 Å². The van der Waals surface area contributed by atoms with Gasteiger partial charge in [0.05, 0.1) is 0 Å². The third-order valence-corrected chi connectivity index (χ3v) is 4.35. The summed E-state index contributed by atoms with van der Waals surface area (Å²) in [6.07, 6.45) is 0. The van der Waals surface area contributed by atoms with E-state index in [1.165, 1.54) is 0 Å². The van der Waals surface area contributed by atoms with Crippen molar-refractivity contribution >= 4 is 33.8 Å². The fourth-order valence-corrected chi connectivity index (χ4v) is 3.31. The third-order valence-electron chi connectivity index (χ3n) is 4.16. The van der Waals surface area contributed by atoms with E-state index < -0.39 is 0 Å². The maximum atomic E-state index is 12.8. The number of nitrogens with one attached hydrogen (secondary N) is 1. The van der Waals surface area contributed by atoms with E-state index in [0.717, 1.165) is 38.7 Å². The number of carbonyl (C=O) groups excluding carboxylic acids is 1. The summed E-state index contributed by atoms with van der Waals surface area (Å²) in [6, 6.07) is 17.9. The van der Waals surface area contributed by atoms with Crippen LogP contribution in [0.5, 0.6) is 0 Å². The molecule has 108 valence electrons. The molecule has 0 spiro atoms. The highest BCUT2D eigenvalue weighted by Gasteiger charge is 2.25. The van der Waals surface area contributed by atoms with Gasteiger partial charge in [0, 0.05) is 40.0 Å². The Balaban J connectivity index is 2.06. The lowest BCUT2D eigenvalue weighted by atomic mass is 9.82. The highest BCUT2D eigenvalue weighted by molar-refractivity contribution is 6.27. The van der Waals surface area contributed by atoms with Crippen LogP contribution in [-0.4, -0.2) is 18.2 Å². The van der Waals surface area contributed by atoms with Gasteiger partial charge >= 0.3 is 0 Å². The first-order valence-electron chi connectivity index (χ1n) is 7.31. The SMILES string of the molecule is O=C1c2ccccc2-c2ccc(NCCCl)c3cccc1c23. The van der Waals surface area contributed by atoms with Crippen LogP contribution < -0.4 is 5.32 Å². The predicted molar refractivity (Wildman–Crippen MR) is 92.0 cm³/mol. The fraction of sp³-hybridized carbons (Fsp3) is 0.105. The number of benzene rings is 3. The summed E-state index contributed by atoms with van der Waals surface area (Å²) in [5, 5.41) is 5.44. The first-order valence-corrected chi connectivity index (χ1v) is 7.84. The molecule has 0 fully saturated rings. The van der Waals surface area contributed by atoms with E-state index in [1.54, 1.807) is 0 Å². The second kappa shape index (κ2) is 5.15. The summed E-state index contributed by atoms with van der Waals surface area (Å²) < 4.78 is 0. The number of anilines is 1. The molecule has 0 atom stereocenters. The maximum absolute atomic E-state index is 12.8. The highest BCUT2D eigenvalue weighted by Crippen LogP contribution is 2.41. The van der Waals surface area contributed by atoms with Gasteiger partial charge in [0.1, 0.15) is 0 Å². The Bertz CT molecular complexity index is 901. The van der Waals surface area contributed by atoms with Crippen LogP contribution in [0.1, 0.15) is 15.9 Å². The van der Waals surface area contributed by atoms with Crippen molar-refractivity contribution in [3.8, 4) is 11.1 Å². The molecule has 0 aromatic heterocycles. The molecule has 0 radical (unpaired) electrons. The van der Waals surface area contributed by atoms with Crippen LogP contribution in [0.2, 0.25) is 0 Å². The summed E-state index contributed by atoms with van der Waals surface area (Å²) in [7, 11) is 0. The molecule has 3 heteroatoms. The molecule has 0 saturated heterocycles. The zero-order valence-electron chi connectivity index (χ0n) is 11.9. The van der Waals surface area contributed by atoms with Gasteiger partial charge in [-0.05, 0) is 17.2 Å². The predicted octanol–water partition coefficient (Wildman–Crippen LogP) is 4.70. The highest BCUT2D eigenvalue weighted by atomic mass is 35.5. The normalized spacial score (nSPS) is 12.3. The lowest BCUT2D eigenvalue weighted by Crippen LogP contribution is -2.11. The molecule has 0 aliphatic heterocycles. The summed E-state index contributed by atoms with van der Waals surface area (Å²) in [5.41, 5.74) is 4.72. The van der Waals surface area contributed by atoms with E-state index in [4.69, 9.17) is 11.6 Å². The maximum Gasteiger partial charge on any atom is 0.194 e. The first kappa shape index (κ1) is 13.4. The molecule has 22 heavy (non-hydrogen) atoms. The smallest absolute Gasteiger partial charge is 0.194 e. The Morgan fingerprint density at radius 2 is 1.59 bits per heavy atom. The molecule has 4 rings (SSSR count). The summed E-state index contributed by atoms with van der Waals surface area (Å²) in [5.74, 6) is 0.647. The van der Waals surface area contributed by atoms with E-state index in [-0.39, 0.29) is 5.78 Å². The number of ketones is 1. The van der Waals surface area contributed by atoms with Crippen molar-refractivity contribution in [3.63, 3.8) is 0 Å². The number of halogens is 1. The Hall–Kier alpha value is -2.32. The lowest BCUT2D eigenvalue weighted by molar-refractivity contribution is 0.104. The summed E-state index contributed by atoms with van der Waals surface area (Å²) >= 11 is 5.78. The van der Waals surface area contributed by atoms with Crippen molar-refractivity contribution in [1.29, 1.82) is 0 Å². The standard InChI is InChI=1S/C19H14ClNO/c20-10-11-21-17-9-8-13-12-4-1-2-5-14(12)19(22)16-7-3-6-15(17)18(13)16/h1-9,21H,10-11H2. The van der Waals surface area contributed by atoms with Gasteiger partial charge in [-0.3, -0.25) is 4.79 Å². The van der Waals surface area contributed by atoms with Gasteiger partial charge in [-0.1, -0.05) is 48.5 Å². The van der Waals surface area contributed by atoms with Gasteiger partial charge in [-0.25, -0.2) is 0 Å². The molecule has 0 saturated carbocycles. The van der Waals surface area contributed by atoms with E-state index in [1.807, 2.05) is 36.4 Å². The molecule has 0 unspecified atom stereocenters. The monoisotopic (exact) mass is 307 g/mol.